The Kier molecular flexibility index (Phi) is 6.55. The van der Waals surface area contributed by atoms with Crippen LogP contribution in [0.5, 0.6) is 0 Å². The molecule has 0 bridgehead atoms. The van der Waals surface area contributed by atoms with Gasteiger partial charge in [0, 0.05) is 30.7 Å². The highest BCUT2D eigenvalue weighted by Gasteiger charge is 2.26. The Hall–Kier alpha value is -2.81. The minimum Gasteiger partial charge on any atom is -0.379 e. The number of carbonyl (C=O) groups is 1. The van der Waals surface area contributed by atoms with Gasteiger partial charge >= 0.3 is 0 Å². The largest absolute Gasteiger partial charge is 0.379 e. The zero-order valence-corrected chi connectivity index (χ0v) is 19.1. The molecule has 7 nitrogen and oxygen atoms in total. The molecule has 1 amide bonds. The van der Waals surface area contributed by atoms with Crippen LogP contribution in [0.25, 0.3) is 10.9 Å². The van der Waals surface area contributed by atoms with E-state index in [0.29, 0.717) is 32.8 Å². The van der Waals surface area contributed by atoms with Crippen molar-refractivity contribution in [2.45, 2.75) is 31.7 Å². The summed E-state index contributed by atoms with van der Waals surface area (Å²) in [4.78, 5) is 17.5. The number of carbonyl (C=O) groups excluding carboxylic acids is 1. The van der Waals surface area contributed by atoms with Gasteiger partial charge in [-0.05, 0) is 48.7 Å². The first-order valence-electron chi connectivity index (χ1n) is 10.6. The van der Waals surface area contributed by atoms with Crippen molar-refractivity contribution >= 4 is 26.8 Å². The second-order valence-electron chi connectivity index (χ2n) is 7.93. The molecule has 168 valence electrons. The number of fused-ring (bicyclic) bond motifs is 1. The van der Waals surface area contributed by atoms with Crippen LogP contribution in [-0.4, -0.2) is 49.9 Å². The number of nitrogens with one attached hydrogen (secondary N) is 1. The molecule has 1 fully saturated rings. The first kappa shape index (κ1) is 22.4. The molecule has 1 aliphatic rings. The minimum absolute atomic E-state index is 0.0988. The number of para-hydroxylation sites is 1. The third kappa shape index (κ3) is 4.67. The smallest absolute Gasteiger partial charge is 0.243 e. The number of amides is 1. The predicted molar refractivity (Wildman–Crippen MR) is 123 cm³/mol. The van der Waals surface area contributed by atoms with Gasteiger partial charge in [0.15, 0.2) is 0 Å². The van der Waals surface area contributed by atoms with Crippen molar-refractivity contribution in [1.82, 2.24) is 14.6 Å². The van der Waals surface area contributed by atoms with E-state index in [1.807, 2.05) is 38.1 Å². The van der Waals surface area contributed by atoms with Gasteiger partial charge in [-0.15, -0.1) is 0 Å². The maximum atomic E-state index is 12.7. The zero-order chi connectivity index (χ0) is 22.7. The molecule has 0 aliphatic carbocycles. The highest BCUT2D eigenvalue weighted by molar-refractivity contribution is 7.89. The Morgan fingerprint density at radius 1 is 1.06 bits per heavy atom. The lowest BCUT2D eigenvalue weighted by Gasteiger charge is -2.26. The number of pyridine rings is 1. The molecule has 4 rings (SSSR count). The maximum absolute atomic E-state index is 12.7. The molecule has 2 aromatic carbocycles. The van der Waals surface area contributed by atoms with Crippen molar-refractivity contribution in [3.63, 3.8) is 0 Å². The van der Waals surface area contributed by atoms with Crippen LogP contribution in [0, 0.1) is 13.8 Å². The average molecular weight is 454 g/mol. The van der Waals surface area contributed by atoms with Gasteiger partial charge in [-0.1, -0.05) is 30.3 Å². The Morgan fingerprint density at radius 3 is 2.47 bits per heavy atom. The molecule has 0 unspecified atom stereocenters. The fourth-order valence-electron chi connectivity index (χ4n) is 3.97. The van der Waals surface area contributed by atoms with Crippen LogP contribution in [0.4, 0.5) is 0 Å². The van der Waals surface area contributed by atoms with Crippen molar-refractivity contribution < 1.29 is 17.9 Å². The first-order chi connectivity index (χ1) is 15.4. The van der Waals surface area contributed by atoms with Gasteiger partial charge < -0.3 is 10.1 Å². The van der Waals surface area contributed by atoms with Gasteiger partial charge in [0.2, 0.25) is 15.9 Å². The normalized spacial score (nSPS) is 15.1. The second kappa shape index (κ2) is 9.36. The van der Waals surface area contributed by atoms with E-state index in [2.05, 4.69) is 10.3 Å². The fourth-order valence-corrected chi connectivity index (χ4v) is 5.38. The summed E-state index contributed by atoms with van der Waals surface area (Å²) in [6.07, 6.45) is 0.249. The van der Waals surface area contributed by atoms with E-state index in [1.165, 1.54) is 4.31 Å². The molecule has 0 saturated carbocycles. The standard InChI is InChI=1S/C24H27N3O4S/c1-17-21-5-3-4-6-23(21)26-18(2)22(17)15-24(28)25-16-19-7-9-20(10-8-19)32(29,30)27-11-13-31-14-12-27/h3-10H,11-16H2,1-2H3,(H,25,28). The van der Waals surface area contributed by atoms with E-state index < -0.39 is 10.0 Å². The van der Waals surface area contributed by atoms with Crippen molar-refractivity contribution in [1.29, 1.82) is 0 Å². The lowest BCUT2D eigenvalue weighted by Crippen LogP contribution is -2.40. The summed E-state index contributed by atoms with van der Waals surface area (Å²) in [5, 5.41) is 3.98. The van der Waals surface area contributed by atoms with Crippen molar-refractivity contribution in [3.8, 4) is 0 Å². The van der Waals surface area contributed by atoms with E-state index in [1.54, 1.807) is 24.3 Å². The number of hydrogen-bond acceptors (Lipinski definition) is 5. The van der Waals surface area contributed by atoms with Crippen LogP contribution >= 0.6 is 0 Å². The van der Waals surface area contributed by atoms with Gasteiger partial charge in [-0.25, -0.2) is 8.42 Å². The molecule has 0 radical (unpaired) electrons. The van der Waals surface area contributed by atoms with Crippen LogP contribution in [0.15, 0.2) is 53.4 Å². The van der Waals surface area contributed by atoms with Gasteiger partial charge in [0.05, 0.1) is 30.0 Å². The first-order valence-corrected chi connectivity index (χ1v) is 12.1. The molecule has 8 heteroatoms. The lowest BCUT2D eigenvalue weighted by atomic mass is 9.99. The number of sulfonamides is 1. The van der Waals surface area contributed by atoms with Crippen LogP contribution in [0.2, 0.25) is 0 Å². The van der Waals surface area contributed by atoms with E-state index in [4.69, 9.17) is 4.74 Å². The van der Waals surface area contributed by atoms with Crippen molar-refractivity contribution in [2.24, 2.45) is 0 Å². The van der Waals surface area contributed by atoms with Crippen molar-refractivity contribution in [2.75, 3.05) is 26.3 Å². The molecule has 1 aromatic heterocycles. The van der Waals surface area contributed by atoms with E-state index >= 15 is 0 Å². The monoisotopic (exact) mass is 453 g/mol. The van der Waals surface area contributed by atoms with Crippen LogP contribution in [0.3, 0.4) is 0 Å². The Balaban J connectivity index is 1.40. The van der Waals surface area contributed by atoms with Crippen LogP contribution < -0.4 is 5.32 Å². The number of nitrogens with zero attached hydrogens (tertiary/aromatic N) is 2. The van der Waals surface area contributed by atoms with Gasteiger partial charge in [-0.2, -0.15) is 4.31 Å². The Bertz CT molecular complexity index is 1230. The zero-order valence-electron chi connectivity index (χ0n) is 18.3. The van der Waals surface area contributed by atoms with E-state index in [9.17, 15) is 13.2 Å². The predicted octanol–water partition coefficient (Wildman–Crippen LogP) is 2.73. The number of rotatable bonds is 6. The summed E-state index contributed by atoms with van der Waals surface area (Å²) < 4.78 is 32.1. The van der Waals surface area contributed by atoms with Crippen LogP contribution in [0.1, 0.15) is 22.4 Å². The van der Waals surface area contributed by atoms with Crippen molar-refractivity contribution in [3.05, 3.63) is 70.9 Å². The Morgan fingerprint density at radius 2 is 1.75 bits per heavy atom. The quantitative estimate of drug-likeness (QED) is 0.620. The molecule has 1 N–H and O–H groups in total. The molecule has 3 aromatic rings. The van der Waals surface area contributed by atoms with E-state index in [-0.39, 0.29) is 17.2 Å². The number of aryl methyl sites for hydroxylation is 2. The molecule has 32 heavy (non-hydrogen) atoms. The van der Waals surface area contributed by atoms with Gasteiger partial charge in [0.1, 0.15) is 0 Å². The summed E-state index contributed by atoms with van der Waals surface area (Å²) in [5.74, 6) is -0.0988. The second-order valence-corrected chi connectivity index (χ2v) is 9.87. The van der Waals surface area contributed by atoms with Crippen LogP contribution in [-0.2, 0) is 32.5 Å². The number of aromatic nitrogens is 1. The summed E-state index contributed by atoms with van der Waals surface area (Å²) in [6, 6.07) is 14.6. The highest BCUT2D eigenvalue weighted by atomic mass is 32.2. The number of morpholine rings is 1. The molecular weight excluding hydrogens is 426 g/mol. The summed E-state index contributed by atoms with van der Waals surface area (Å²) in [5.41, 5.74) is 4.63. The number of hydrogen-bond donors (Lipinski definition) is 1. The lowest BCUT2D eigenvalue weighted by molar-refractivity contribution is -0.120. The molecular formula is C24H27N3O4S. The van der Waals surface area contributed by atoms with Gasteiger partial charge in [-0.3, -0.25) is 9.78 Å². The Labute approximate surface area is 188 Å². The third-order valence-corrected chi connectivity index (χ3v) is 7.76. The number of benzene rings is 2. The molecule has 0 spiro atoms. The molecule has 1 aliphatic heterocycles. The summed E-state index contributed by atoms with van der Waals surface area (Å²) >= 11 is 0. The number of ether oxygens (including phenoxy) is 1. The fraction of sp³-hybridized carbons (Fsp3) is 0.333. The summed E-state index contributed by atoms with van der Waals surface area (Å²) in [7, 11) is -3.52. The third-order valence-electron chi connectivity index (χ3n) is 5.84. The maximum Gasteiger partial charge on any atom is 0.243 e. The SMILES string of the molecule is Cc1nc2ccccc2c(C)c1CC(=O)NCc1ccc(S(=O)(=O)N2CCOCC2)cc1. The van der Waals surface area contributed by atoms with Gasteiger partial charge in [0.25, 0.3) is 0 Å². The molecule has 0 atom stereocenters. The topological polar surface area (TPSA) is 88.6 Å². The molecule has 1 saturated heterocycles. The highest BCUT2D eigenvalue weighted by Crippen LogP contribution is 2.23. The van der Waals surface area contributed by atoms with E-state index in [0.717, 1.165) is 33.3 Å². The minimum atomic E-state index is -3.52. The molecule has 2 heterocycles. The average Bonchev–Trinajstić information content (AvgIpc) is 2.81. The summed E-state index contributed by atoms with van der Waals surface area (Å²) in [6.45, 7) is 5.83.